The first-order valence-electron chi connectivity index (χ1n) is 7.74. The maximum Gasteiger partial charge on any atom is 0.303 e. The van der Waals surface area contributed by atoms with Crippen molar-refractivity contribution in [3.05, 3.63) is 60.0 Å². The molecule has 0 saturated carbocycles. The maximum atomic E-state index is 13.7. The van der Waals surface area contributed by atoms with Gasteiger partial charge in [0, 0.05) is 18.0 Å². The number of carboxylic acids is 1. The molecule has 1 heterocycles. The van der Waals surface area contributed by atoms with Crippen molar-refractivity contribution in [1.29, 1.82) is 0 Å². The van der Waals surface area contributed by atoms with E-state index in [4.69, 9.17) is 9.84 Å². The minimum Gasteiger partial charge on any atom is -0.497 e. The van der Waals surface area contributed by atoms with E-state index in [-0.39, 0.29) is 23.3 Å². The van der Waals surface area contributed by atoms with Gasteiger partial charge in [-0.25, -0.2) is 16.8 Å². The standard InChI is InChI=1S/C18H16FNO5S/c1-25-14-4-6-15(7-5-14)26(23,24)20-11-12(2-9-18(21)22)16-8-3-13(19)10-17(16)20/h3-8,10-11H,2,9H2,1H3,(H,21,22). The molecule has 2 aromatic carbocycles. The number of aromatic nitrogens is 1. The van der Waals surface area contributed by atoms with E-state index >= 15 is 0 Å². The fourth-order valence-corrected chi connectivity index (χ4v) is 4.12. The van der Waals surface area contributed by atoms with Crippen molar-refractivity contribution in [1.82, 2.24) is 3.97 Å². The monoisotopic (exact) mass is 377 g/mol. The molecule has 136 valence electrons. The third-order valence-electron chi connectivity index (χ3n) is 4.04. The number of aryl methyl sites for hydroxylation is 1. The Morgan fingerprint density at radius 3 is 2.50 bits per heavy atom. The number of methoxy groups -OCH3 is 1. The predicted octanol–water partition coefficient (Wildman–Crippen LogP) is 3.04. The van der Waals surface area contributed by atoms with Crippen molar-refractivity contribution < 1.29 is 27.4 Å². The van der Waals surface area contributed by atoms with Crippen molar-refractivity contribution in [3.63, 3.8) is 0 Å². The van der Waals surface area contributed by atoms with Crippen molar-refractivity contribution in [2.45, 2.75) is 17.7 Å². The van der Waals surface area contributed by atoms with Crippen LogP contribution in [0.3, 0.4) is 0 Å². The van der Waals surface area contributed by atoms with E-state index in [2.05, 4.69) is 0 Å². The van der Waals surface area contributed by atoms with Crippen LogP contribution in [0.1, 0.15) is 12.0 Å². The van der Waals surface area contributed by atoms with E-state index in [9.17, 15) is 17.6 Å². The average molecular weight is 377 g/mol. The van der Waals surface area contributed by atoms with Crippen molar-refractivity contribution in [2.75, 3.05) is 7.11 Å². The van der Waals surface area contributed by atoms with Crippen LogP contribution in [-0.2, 0) is 21.2 Å². The Labute approximate surface area is 149 Å². The summed E-state index contributed by atoms with van der Waals surface area (Å²) >= 11 is 0. The molecular formula is C18H16FNO5S. The highest BCUT2D eigenvalue weighted by atomic mass is 32.2. The molecule has 8 heteroatoms. The lowest BCUT2D eigenvalue weighted by atomic mass is 10.1. The third kappa shape index (κ3) is 3.28. The molecule has 26 heavy (non-hydrogen) atoms. The minimum atomic E-state index is -3.98. The summed E-state index contributed by atoms with van der Waals surface area (Å²) in [5.41, 5.74) is 0.695. The molecule has 3 rings (SSSR count). The van der Waals surface area contributed by atoms with E-state index < -0.39 is 21.8 Å². The van der Waals surface area contributed by atoms with Gasteiger partial charge in [-0.3, -0.25) is 4.79 Å². The molecule has 0 amide bonds. The lowest BCUT2D eigenvalue weighted by molar-refractivity contribution is -0.136. The topological polar surface area (TPSA) is 85.6 Å². The number of nitrogens with zero attached hydrogens (tertiary/aromatic N) is 1. The summed E-state index contributed by atoms with van der Waals surface area (Å²) in [7, 11) is -2.51. The summed E-state index contributed by atoms with van der Waals surface area (Å²) in [5, 5.41) is 9.39. The van der Waals surface area contributed by atoms with Gasteiger partial charge in [0.1, 0.15) is 11.6 Å². The molecule has 0 bridgehead atoms. The van der Waals surface area contributed by atoms with E-state index in [1.165, 1.54) is 49.7 Å². The van der Waals surface area contributed by atoms with Gasteiger partial charge in [-0.2, -0.15) is 0 Å². The molecule has 6 nitrogen and oxygen atoms in total. The number of rotatable bonds is 6. The molecule has 0 spiro atoms. The smallest absolute Gasteiger partial charge is 0.303 e. The SMILES string of the molecule is COc1ccc(S(=O)(=O)n2cc(CCC(=O)O)c3ccc(F)cc32)cc1. The molecule has 0 unspecified atom stereocenters. The Bertz CT molecular complexity index is 1070. The molecule has 0 radical (unpaired) electrons. The van der Waals surface area contributed by atoms with Crippen LogP contribution in [-0.4, -0.2) is 30.6 Å². The normalized spacial score (nSPS) is 11.6. The molecule has 0 saturated heterocycles. The van der Waals surface area contributed by atoms with E-state index in [0.717, 1.165) is 10.0 Å². The highest BCUT2D eigenvalue weighted by molar-refractivity contribution is 7.90. The summed E-state index contributed by atoms with van der Waals surface area (Å²) in [6.07, 6.45) is 1.34. The number of benzene rings is 2. The zero-order chi connectivity index (χ0) is 18.9. The van der Waals surface area contributed by atoms with Gasteiger partial charge in [0.15, 0.2) is 0 Å². The van der Waals surface area contributed by atoms with Crippen LogP contribution >= 0.6 is 0 Å². The summed E-state index contributed by atoms with van der Waals surface area (Å²) in [6.45, 7) is 0. The van der Waals surface area contributed by atoms with Crippen LogP contribution < -0.4 is 4.74 Å². The summed E-state index contributed by atoms with van der Waals surface area (Å²) < 4.78 is 45.7. The molecular weight excluding hydrogens is 361 g/mol. The van der Waals surface area contributed by atoms with Crippen LogP contribution in [0.25, 0.3) is 10.9 Å². The first kappa shape index (κ1) is 17.9. The Morgan fingerprint density at radius 1 is 1.19 bits per heavy atom. The number of ether oxygens (including phenoxy) is 1. The molecule has 1 N–H and O–H groups in total. The Balaban J connectivity index is 2.15. The number of carboxylic acid groups (broad SMARTS) is 1. The van der Waals surface area contributed by atoms with Gasteiger partial charge in [0.25, 0.3) is 10.0 Å². The van der Waals surface area contributed by atoms with Crippen molar-refractivity contribution in [2.24, 2.45) is 0 Å². The van der Waals surface area contributed by atoms with E-state index in [1.54, 1.807) is 0 Å². The molecule has 0 fully saturated rings. The van der Waals surface area contributed by atoms with Crippen LogP contribution in [0.4, 0.5) is 4.39 Å². The number of carbonyl (C=O) groups is 1. The second-order valence-corrected chi connectivity index (χ2v) is 7.50. The highest BCUT2D eigenvalue weighted by Crippen LogP contribution is 2.28. The third-order valence-corrected chi connectivity index (χ3v) is 5.73. The number of fused-ring (bicyclic) bond motifs is 1. The Kier molecular flexibility index (Phi) is 4.69. The second kappa shape index (κ2) is 6.80. The van der Waals surface area contributed by atoms with Gasteiger partial charge in [-0.1, -0.05) is 0 Å². The maximum absolute atomic E-state index is 13.7. The van der Waals surface area contributed by atoms with Gasteiger partial charge in [0.2, 0.25) is 0 Å². The van der Waals surface area contributed by atoms with E-state index in [0.29, 0.717) is 16.7 Å². The first-order chi connectivity index (χ1) is 12.3. The fourth-order valence-electron chi connectivity index (χ4n) is 2.74. The molecule has 3 aromatic rings. The summed E-state index contributed by atoms with van der Waals surface area (Å²) in [5.74, 6) is -1.06. The van der Waals surface area contributed by atoms with Gasteiger partial charge >= 0.3 is 5.97 Å². The predicted molar refractivity (Wildman–Crippen MR) is 93.4 cm³/mol. The number of hydrogen-bond donors (Lipinski definition) is 1. The zero-order valence-corrected chi connectivity index (χ0v) is 14.7. The second-order valence-electron chi connectivity index (χ2n) is 5.69. The lowest BCUT2D eigenvalue weighted by Gasteiger charge is -2.08. The van der Waals surface area contributed by atoms with Crippen LogP contribution in [0.2, 0.25) is 0 Å². The van der Waals surface area contributed by atoms with Crippen molar-refractivity contribution >= 4 is 26.9 Å². The molecule has 1 aromatic heterocycles. The van der Waals surface area contributed by atoms with Gasteiger partial charge < -0.3 is 9.84 Å². The minimum absolute atomic E-state index is 0.0178. The van der Waals surface area contributed by atoms with Gasteiger partial charge in [-0.05, 0) is 54.4 Å². The van der Waals surface area contributed by atoms with Crippen LogP contribution in [0, 0.1) is 5.82 Å². The summed E-state index contributed by atoms with van der Waals surface area (Å²) in [6, 6.07) is 9.64. The zero-order valence-electron chi connectivity index (χ0n) is 13.8. The molecule has 0 aliphatic rings. The highest BCUT2D eigenvalue weighted by Gasteiger charge is 2.22. The molecule has 0 aliphatic heterocycles. The number of hydrogen-bond acceptors (Lipinski definition) is 4. The lowest BCUT2D eigenvalue weighted by Crippen LogP contribution is -2.12. The Hall–Kier alpha value is -2.87. The van der Waals surface area contributed by atoms with Crippen LogP contribution in [0.15, 0.2) is 53.6 Å². The van der Waals surface area contributed by atoms with Crippen LogP contribution in [0.5, 0.6) is 5.75 Å². The number of aliphatic carboxylic acids is 1. The average Bonchev–Trinajstić information content (AvgIpc) is 2.98. The van der Waals surface area contributed by atoms with Crippen molar-refractivity contribution in [3.8, 4) is 5.75 Å². The molecule has 0 atom stereocenters. The number of halogens is 1. The summed E-state index contributed by atoms with van der Waals surface area (Å²) in [4.78, 5) is 10.9. The molecule has 0 aliphatic carbocycles. The van der Waals surface area contributed by atoms with E-state index in [1.807, 2.05) is 0 Å². The van der Waals surface area contributed by atoms with Gasteiger partial charge in [0.05, 0.1) is 17.5 Å². The quantitative estimate of drug-likeness (QED) is 0.714. The Morgan fingerprint density at radius 2 is 1.88 bits per heavy atom. The first-order valence-corrected chi connectivity index (χ1v) is 9.18. The largest absolute Gasteiger partial charge is 0.497 e. The van der Waals surface area contributed by atoms with Gasteiger partial charge in [-0.15, -0.1) is 0 Å². The fraction of sp³-hybridized carbons (Fsp3) is 0.167.